The molecule has 0 fully saturated rings. The first kappa shape index (κ1) is 13.1. The van der Waals surface area contributed by atoms with Crippen molar-refractivity contribution < 1.29 is 0 Å². The highest BCUT2D eigenvalue weighted by atomic mass is 14.7. The summed E-state index contributed by atoms with van der Waals surface area (Å²) in [6.07, 6.45) is 0.881. The molecule has 3 N–H and O–H groups in total. The predicted molar refractivity (Wildman–Crippen MR) is 94.0 cm³/mol. The summed E-state index contributed by atoms with van der Waals surface area (Å²) in [5.74, 6) is 0. The molecule has 0 amide bonds. The average Bonchev–Trinajstić information content (AvgIpc) is 2.94. The van der Waals surface area contributed by atoms with E-state index in [4.69, 9.17) is 5.73 Å². The fourth-order valence-electron chi connectivity index (χ4n) is 3.20. The van der Waals surface area contributed by atoms with E-state index in [0.29, 0.717) is 6.54 Å². The molecule has 4 rings (SSSR count). The molecule has 2 nitrogen and oxygen atoms in total. The van der Waals surface area contributed by atoms with Crippen LogP contribution >= 0.6 is 0 Å². The van der Waals surface area contributed by atoms with Crippen LogP contribution < -0.4 is 5.73 Å². The van der Waals surface area contributed by atoms with Crippen LogP contribution in [0.15, 0.2) is 66.7 Å². The molecular weight excluding hydrogens is 268 g/mol. The summed E-state index contributed by atoms with van der Waals surface area (Å²) in [5, 5.41) is 3.80. The van der Waals surface area contributed by atoms with Gasteiger partial charge in [0, 0.05) is 16.6 Å². The van der Waals surface area contributed by atoms with Crippen molar-refractivity contribution in [1.82, 2.24) is 4.98 Å². The number of para-hydroxylation sites is 1. The van der Waals surface area contributed by atoms with Crippen molar-refractivity contribution >= 4 is 21.7 Å². The summed E-state index contributed by atoms with van der Waals surface area (Å²) < 4.78 is 0. The van der Waals surface area contributed by atoms with Gasteiger partial charge >= 0.3 is 0 Å². The minimum absolute atomic E-state index is 0.655. The van der Waals surface area contributed by atoms with E-state index in [1.165, 1.54) is 38.5 Å². The quantitative estimate of drug-likeness (QED) is 0.572. The lowest BCUT2D eigenvalue weighted by Crippen LogP contribution is -2.03. The Labute approximate surface area is 129 Å². The van der Waals surface area contributed by atoms with Gasteiger partial charge in [-0.3, -0.25) is 0 Å². The van der Waals surface area contributed by atoms with Crippen molar-refractivity contribution in [3.8, 4) is 11.3 Å². The maximum atomic E-state index is 5.83. The Morgan fingerprint density at radius 1 is 0.818 bits per heavy atom. The molecule has 0 saturated heterocycles. The second kappa shape index (κ2) is 5.32. The van der Waals surface area contributed by atoms with Crippen LogP contribution in [0.1, 0.15) is 5.56 Å². The van der Waals surface area contributed by atoms with Crippen molar-refractivity contribution in [2.75, 3.05) is 6.54 Å². The lowest BCUT2D eigenvalue weighted by Gasteiger charge is -2.06. The van der Waals surface area contributed by atoms with E-state index in [2.05, 4.69) is 71.7 Å². The van der Waals surface area contributed by atoms with E-state index < -0.39 is 0 Å². The zero-order valence-electron chi connectivity index (χ0n) is 12.3. The van der Waals surface area contributed by atoms with Crippen LogP contribution in [0.25, 0.3) is 32.9 Å². The number of fused-ring (bicyclic) bond motifs is 2. The molecule has 0 atom stereocenters. The van der Waals surface area contributed by atoms with Gasteiger partial charge in [-0.05, 0) is 47.0 Å². The molecule has 2 heteroatoms. The second-order valence-electron chi connectivity index (χ2n) is 5.62. The SMILES string of the molecule is NCCc1c(-c2ccc3ccccc3c2)[nH]c2ccccc12. The number of hydrogen-bond acceptors (Lipinski definition) is 1. The third-order valence-corrected chi connectivity index (χ3v) is 4.25. The largest absolute Gasteiger partial charge is 0.354 e. The van der Waals surface area contributed by atoms with Crippen molar-refractivity contribution in [3.05, 3.63) is 72.3 Å². The highest BCUT2D eigenvalue weighted by Gasteiger charge is 2.12. The van der Waals surface area contributed by atoms with Crippen LogP contribution in [0.5, 0.6) is 0 Å². The van der Waals surface area contributed by atoms with Gasteiger partial charge in [-0.25, -0.2) is 0 Å². The number of rotatable bonds is 3. The van der Waals surface area contributed by atoms with Gasteiger partial charge in [0.15, 0.2) is 0 Å². The first-order valence-corrected chi connectivity index (χ1v) is 7.65. The molecule has 0 aliphatic rings. The first-order valence-electron chi connectivity index (χ1n) is 7.65. The number of nitrogens with one attached hydrogen (secondary N) is 1. The van der Waals surface area contributed by atoms with Crippen LogP contribution in [0, 0.1) is 0 Å². The maximum Gasteiger partial charge on any atom is 0.0498 e. The standard InChI is InChI=1S/C20H18N2/c21-12-11-18-17-7-3-4-8-19(17)22-20(18)16-10-9-14-5-1-2-6-15(14)13-16/h1-10,13,22H,11-12,21H2. The lowest BCUT2D eigenvalue weighted by molar-refractivity contribution is 0.978. The highest BCUT2D eigenvalue weighted by Crippen LogP contribution is 2.32. The Balaban J connectivity index is 1.96. The molecule has 0 bridgehead atoms. The maximum absolute atomic E-state index is 5.83. The normalized spacial score (nSPS) is 11.3. The van der Waals surface area contributed by atoms with Gasteiger partial charge < -0.3 is 10.7 Å². The van der Waals surface area contributed by atoms with E-state index in [-0.39, 0.29) is 0 Å². The van der Waals surface area contributed by atoms with Gasteiger partial charge in [-0.15, -0.1) is 0 Å². The summed E-state index contributed by atoms with van der Waals surface area (Å²) in [4.78, 5) is 3.57. The summed E-state index contributed by atoms with van der Waals surface area (Å²) in [5.41, 5.74) is 10.7. The molecule has 22 heavy (non-hydrogen) atoms. The third kappa shape index (κ3) is 2.09. The zero-order chi connectivity index (χ0) is 14.9. The topological polar surface area (TPSA) is 41.8 Å². The van der Waals surface area contributed by atoms with Gasteiger partial charge in [0.05, 0.1) is 0 Å². The van der Waals surface area contributed by atoms with Gasteiger partial charge in [0.2, 0.25) is 0 Å². The Kier molecular flexibility index (Phi) is 3.17. The van der Waals surface area contributed by atoms with E-state index in [1.807, 2.05) is 0 Å². The molecule has 0 unspecified atom stereocenters. The fraction of sp³-hybridized carbons (Fsp3) is 0.100. The number of hydrogen-bond donors (Lipinski definition) is 2. The fourth-order valence-corrected chi connectivity index (χ4v) is 3.20. The number of aromatic amines is 1. The van der Waals surface area contributed by atoms with Gasteiger partial charge in [-0.1, -0.05) is 54.6 Å². The number of aromatic nitrogens is 1. The lowest BCUT2D eigenvalue weighted by atomic mass is 10.00. The zero-order valence-corrected chi connectivity index (χ0v) is 12.3. The van der Waals surface area contributed by atoms with E-state index in [9.17, 15) is 0 Å². The highest BCUT2D eigenvalue weighted by molar-refractivity contribution is 5.93. The van der Waals surface area contributed by atoms with Crippen molar-refractivity contribution in [2.45, 2.75) is 6.42 Å². The molecule has 4 aromatic rings. The molecule has 0 aliphatic heterocycles. The molecule has 0 radical (unpaired) electrons. The molecular formula is C20H18N2. The summed E-state index contributed by atoms with van der Waals surface area (Å²) in [7, 11) is 0. The van der Waals surface area contributed by atoms with Crippen LogP contribution in [0.3, 0.4) is 0 Å². The molecule has 108 valence electrons. The molecule has 0 saturated carbocycles. The summed E-state index contributed by atoms with van der Waals surface area (Å²) >= 11 is 0. The number of nitrogens with two attached hydrogens (primary N) is 1. The Bertz CT molecular complexity index is 950. The van der Waals surface area contributed by atoms with Crippen molar-refractivity contribution in [2.24, 2.45) is 5.73 Å². The van der Waals surface area contributed by atoms with Crippen LogP contribution in [-0.2, 0) is 6.42 Å². The minimum atomic E-state index is 0.655. The van der Waals surface area contributed by atoms with E-state index >= 15 is 0 Å². The van der Waals surface area contributed by atoms with Crippen LogP contribution in [-0.4, -0.2) is 11.5 Å². The summed E-state index contributed by atoms with van der Waals surface area (Å²) in [6, 6.07) is 23.5. The van der Waals surface area contributed by atoms with E-state index in [0.717, 1.165) is 6.42 Å². The van der Waals surface area contributed by atoms with Gasteiger partial charge in [0.25, 0.3) is 0 Å². The number of benzene rings is 3. The first-order chi connectivity index (χ1) is 10.9. The van der Waals surface area contributed by atoms with Gasteiger partial charge in [0.1, 0.15) is 0 Å². The van der Waals surface area contributed by atoms with Crippen LogP contribution in [0.2, 0.25) is 0 Å². The molecule has 1 aromatic heterocycles. The van der Waals surface area contributed by atoms with Crippen molar-refractivity contribution in [1.29, 1.82) is 0 Å². The molecule has 1 heterocycles. The predicted octanol–water partition coefficient (Wildman–Crippen LogP) is 4.49. The van der Waals surface area contributed by atoms with Crippen LogP contribution in [0.4, 0.5) is 0 Å². The summed E-state index contributed by atoms with van der Waals surface area (Å²) in [6.45, 7) is 0.655. The minimum Gasteiger partial charge on any atom is -0.354 e. The molecule has 0 spiro atoms. The monoisotopic (exact) mass is 286 g/mol. The Hall–Kier alpha value is -2.58. The van der Waals surface area contributed by atoms with E-state index in [1.54, 1.807) is 0 Å². The number of H-pyrrole nitrogens is 1. The molecule has 3 aromatic carbocycles. The second-order valence-corrected chi connectivity index (χ2v) is 5.62. The smallest absolute Gasteiger partial charge is 0.0498 e. The average molecular weight is 286 g/mol. The van der Waals surface area contributed by atoms with Gasteiger partial charge in [-0.2, -0.15) is 0 Å². The Morgan fingerprint density at radius 2 is 1.59 bits per heavy atom. The Morgan fingerprint density at radius 3 is 2.45 bits per heavy atom. The van der Waals surface area contributed by atoms with Crippen molar-refractivity contribution in [3.63, 3.8) is 0 Å². The molecule has 0 aliphatic carbocycles. The third-order valence-electron chi connectivity index (χ3n) is 4.25.